The molecule has 0 heterocycles. The molecule has 1 nitrogen and oxygen atoms in total. The summed E-state index contributed by atoms with van der Waals surface area (Å²) in [5, 5.41) is 0. The van der Waals surface area contributed by atoms with E-state index in [4.69, 9.17) is 5.73 Å². The van der Waals surface area contributed by atoms with E-state index in [1.165, 1.54) is 25.7 Å². The summed E-state index contributed by atoms with van der Waals surface area (Å²) in [5.74, 6) is 1.85. The first-order valence-electron chi connectivity index (χ1n) is 3.97. The molecule has 2 saturated carbocycles. The van der Waals surface area contributed by atoms with E-state index in [9.17, 15) is 0 Å². The van der Waals surface area contributed by atoms with Crippen molar-refractivity contribution in [1.29, 1.82) is 0 Å². The predicted molar refractivity (Wildman–Crippen MR) is 38.0 cm³/mol. The standard InChI is InChI=1S/C8H15N/c1-8(9)5-6-2-3-7(8)4-6/h6-7H,2-5,9H2,1H3. The van der Waals surface area contributed by atoms with E-state index in [1.54, 1.807) is 0 Å². The third-order valence-electron chi connectivity index (χ3n) is 3.20. The topological polar surface area (TPSA) is 26.0 Å². The van der Waals surface area contributed by atoms with Crippen molar-refractivity contribution in [3.8, 4) is 0 Å². The minimum absolute atomic E-state index is 0.211. The minimum atomic E-state index is 0.211. The van der Waals surface area contributed by atoms with E-state index in [0.717, 1.165) is 11.8 Å². The minimum Gasteiger partial charge on any atom is -0.325 e. The molecule has 2 aliphatic rings. The second kappa shape index (κ2) is 1.51. The van der Waals surface area contributed by atoms with Gasteiger partial charge in [-0.25, -0.2) is 0 Å². The van der Waals surface area contributed by atoms with Crippen LogP contribution in [0.15, 0.2) is 0 Å². The van der Waals surface area contributed by atoms with Crippen molar-refractivity contribution in [3.63, 3.8) is 0 Å². The van der Waals surface area contributed by atoms with Gasteiger partial charge in [-0.15, -0.1) is 0 Å². The van der Waals surface area contributed by atoms with Gasteiger partial charge in [0.25, 0.3) is 0 Å². The number of hydrogen-bond donors (Lipinski definition) is 1. The van der Waals surface area contributed by atoms with Crippen molar-refractivity contribution in [2.24, 2.45) is 17.6 Å². The van der Waals surface area contributed by atoms with Gasteiger partial charge in [0.15, 0.2) is 0 Å². The van der Waals surface area contributed by atoms with Gasteiger partial charge in [0, 0.05) is 5.54 Å². The molecule has 52 valence electrons. The lowest BCUT2D eigenvalue weighted by molar-refractivity contribution is 0.297. The quantitative estimate of drug-likeness (QED) is 0.522. The number of hydrogen-bond acceptors (Lipinski definition) is 1. The second-order valence-electron chi connectivity index (χ2n) is 4.09. The average molecular weight is 125 g/mol. The predicted octanol–water partition coefficient (Wildman–Crippen LogP) is 1.52. The molecular formula is C8H15N. The highest BCUT2D eigenvalue weighted by atomic mass is 14.8. The fourth-order valence-corrected chi connectivity index (χ4v) is 2.65. The van der Waals surface area contributed by atoms with Crippen LogP contribution in [0.2, 0.25) is 0 Å². The van der Waals surface area contributed by atoms with Crippen LogP contribution in [0.3, 0.4) is 0 Å². The molecule has 0 aliphatic heterocycles. The van der Waals surface area contributed by atoms with Crippen LogP contribution in [0.5, 0.6) is 0 Å². The molecule has 2 N–H and O–H groups in total. The van der Waals surface area contributed by atoms with Gasteiger partial charge >= 0.3 is 0 Å². The largest absolute Gasteiger partial charge is 0.325 e. The molecule has 2 rings (SSSR count). The molecule has 0 radical (unpaired) electrons. The van der Waals surface area contributed by atoms with E-state index < -0.39 is 0 Å². The van der Waals surface area contributed by atoms with Gasteiger partial charge in [0.2, 0.25) is 0 Å². The molecule has 3 atom stereocenters. The summed E-state index contributed by atoms with van der Waals surface area (Å²) in [6.45, 7) is 2.22. The van der Waals surface area contributed by atoms with E-state index in [-0.39, 0.29) is 5.54 Å². The number of rotatable bonds is 0. The zero-order valence-corrected chi connectivity index (χ0v) is 6.06. The van der Waals surface area contributed by atoms with Crippen LogP contribution in [-0.2, 0) is 0 Å². The van der Waals surface area contributed by atoms with E-state index in [2.05, 4.69) is 6.92 Å². The molecule has 2 bridgehead atoms. The van der Waals surface area contributed by atoms with Gasteiger partial charge < -0.3 is 5.73 Å². The van der Waals surface area contributed by atoms with Crippen LogP contribution >= 0.6 is 0 Å². The normalized spacial score (nSPS) is 56.7. The molecule has 9 heavy (non-hydrogen) atoms. The fraction of sp³-hybridized carbons (Fsp3) is 1.00. The van der Waals surface area contributed by atoms with Crippen LogP contribution in [0.4, 0.5) is 0 Å². The van der Waals surface area contributed by atoms with Crippen LogP contribution in [-0.4, -0.2) is 5.54 Å². The van der Waals surface area contributed by atoms with Gasteiger partial charge in [0.05, 0.1) is 0 Å². The van der Waals surface area contributed by atoms with Crippen molar-refractivity contribution in [3.05, 3.63) is 0 Å². The Balaban J connectivity index is 2.18. The van der Waals surface area contributed by atoms with E-state index in [1.807, 2.05) is 0 Å². The Kier molecular flexibility index (Phi) is 0.963. The Morgan fingerprint density at radius 3 is 2.44 bits per heavy atom. The van der Waals surface area contributed by atoms with Gasteiger partial charge in [0.1, 0.15) is 0 Å². The SMILES string of the molecule is CC1(N)CC2CCC1C2. The van der Waals surface area contributed by atoms with E-state index >= 15 is 0 Å². The Morgan fingerprint density at radius 2 is 2.22 bits per heavy atom. The summed E-state index contributed by atoms with van der Waals surface area (Å²) < 4.78 is 0. The lowest BCUT2D eigenvalue weighted by Gasteiger charge is -2.29. The van der Waals surface area contributed by atoms with Gasteiger partial charge in [-0.1, -0.05) is 6.42 Å². The van der Waals surface area contributed by atoms with Crippen molar-refractivity contribution < 1.29 is 0 Å². The summed E-state index contributed by atoms with van der Waals surface area (Å²) in [7, 11) is 0. The molecule has 0 aromatic rings. The highest BCUT2D eigenvalue weighted by Gasteiger charge is 2.45. The lowest BCUT2D eigenvalue weighted by Crippen LogP contribution is -2.41. The lowest BCUT2D eigenvalue weighted by atomic mass is 9.84. The third-order valence-corrected chi connectivity index (χ3v) is 3.20. The molecule has 2 fully saturated rings. The van der Waals surface area contributed by atoms with Crippen LogP contribution < -0.4 is 5.73 Å². The Bertz CT molecular complexity index is 129. The Labute approximate surface area is 56.6 Å². The molecule has 0 aromatic carbocycles. The highest BCUT2D eigenvalue weighted by molar-refractivity contribution is 5.01. The molecule has 0 saturated heterocycles. The number of fused-ring (bicyclic) bond motifs is 2. The summed E-state index contributed by atoms with van der Waals surface area (Å²) in [5.41, 5.74) is 6.27. The first-order chi connectivity index (χ1) is 4.18. The first-order valence-corrected chi connectivity index (χ1v) is 3.97. The van der Waals surface area contributed by atoms with Crippen LogP contribution in [0, 0.1) is 11.8 Å². The fourth-order valence-electron chi connectivity index (χ4n) is 2.65. The number of nitrogens with two attached hydrogens (primary N) is 1. The van der Waals surface area contributed by atoms with E-state index in [0.29, 0.717) is 0 Å². The molecule has 2 aliphatic carbocycles. The molecule has 0 aromatic heterocycles. The summed E-state index contributed by atoms with van der Waals surface area (Å²) in [6, 6.07) is 0. The van der Waals surface area contributed by atoms with Gasteiger partial charge in [-0.3, -0.25) is 0 Å². The van der Waals surface area contributed by atoms with Crippen molar-refractivity contribution in [1.82, 2.24) is 0 Å². The molecule has 0 amide bonds. The molecular weight excluding hydrogens is 110 g/mol. The first kappa shape index (κ1) is 5.72. The highest BCUT2D eigenvalue weighted by Crippen LogP contribution is 2.49. The van der Waals surface area contributed by atoms with Gasteiger partial charge in [-0.05, 0) is 38.0 Å². The monoisotopic (exact) mass is 125 g/mol. The maximum absolute atomic E-state index is 6.06. The summed E-state index contributed by atoms with van der Waals surface area (Å²) in [6.07, 6.45) is 5.57. The Morgan fingerprint density at radius 1 is 1.44 bits per heavy atom. The third kappa shape index (κ3) is 0.710. The zero-order chi connectivity index (χ0) is 6.48. The van der Waals surface area contributed by atoms with Crippen molar-refractivity contribution in [2.75, 3.05) is 0 Å². The average Bonchev–Trinajstić information content (AvgIpc) is 2.19. The maximum Gasteiger partial charge on any atom is 0.0157 e. The van der Waals surface area contributed by atoms with Crippen LogP contribution in [0.1, 0.15) is 32.6 Å². The zero-order valence-electron chi connectivity index (χ0n) is 6.06. The van der Waals surface area contributed by atoms with Crippen molar-refractivity contribution in [2.45, 2.75) is 38.1 Å². The van der Waals surface area contributed by atoms with Crippen molar-refractivity contribution >= 4 is 0 Å². The Hall–Kier alpha value is -0.0400. The smallest absolute Gasteiger partial charge is 0.0157 e. The molecule has 1 heteroatoms. The second-order valence-corrected chi connectivity index (χ2v) is 4.09. The maximum atomic E-state index is 6.06. The summed E-state index contributed by atoms with van der Waals surface area (Å²) >= 11 is 0. The molecule has 3 unspecified atom stereocenters. The summed E-state index contributed by atoms with van der Waals surface area (Å²) in [4.78, 5) is 0. The molecule has 0 spiro atoms. The van der Waals surface area contributed by atoms with Crippen LogP contribution in [0.25, 0.3) is 0 Å². The van der Waals surface area contributed by atoms with Gasteiger partial charge in [-0.2, -0.15) is 0 Å².